The Labute approximate surface area is 408 Å². The van der Waals surface area contributed by atoms with Gasteiger partial charge in [-0.1, -0.05) is 57.2 Å². The fourth-order valence-electron chi connectivity index (χ4n) is 10.5. The molecule has 2 N–H and O–H groups in total. The Kier molecular flexibility index (Phi) is 16.4. The summed E-state index contributed by atoms with van der Waals surface area (Å²) in [6, 6.07) is 17.3. The second-order valence-corrected chi connectivity index (χ2v) is 19.9. The van der Waals surface area contributed by atoms with Crippen molar-refractivity contribution in [2.24, 2.45) is 35.0 Å². The summed E-state index contributed by atoms with van der Waals surface area (Å²) in [6.07, 6.45) is 5.11. The lowest BCUT2D eigenvalue weighted by atomic mass is 9.63. The molecule has 374 valence electrons. The van der Waals surface area contributed by atoms with Gasteiger partial charge in [-0.25, -0.2) is 8.78 Å². The van der Waals surface area contributed by atoms with E-state index in [1.165, 1.54) is 55.6 Å². The predicted molar refractivity (Wildman–Crippen MR) is 255 cm³/mol. The van der Waals surface area contributed by atoms with Crippen LogP contribution in [0.25, 0.3) is 0 Å². The number of amides is 2. The summed E-state index contributed by atoms with van der Waals surface area (Å²) >= 11 is 0. The minimum Gasteiger partial charge on any atom is -0.469 e. The molecule has 2 saturated heterocycles. The van der Waals surface area contributed by atoms with E-state index in [1.807, 2.05) is 33.8 Å². The molecule has 3 aromatic carbocycles. The van der Waals surface area contributed by atoms with E-state index in [2.05, 4.69) is 18.3 Å². The predicted octanol–water partition coefficient (Wildman–Crippen LogP) is 8.79. The molecular weight excluding hydrogens is 903 g/mol. The second-order valence-electron chi connectivity index (χ2n) is 19.9. The third-order valence-corrected chi connectivity index (χ3v) is 14.8. The van der Waals surface area contributed by atoms with Gasteiger partial charge in [-0.05, 0) is 135 Å². The van der Waals surface area contributed by atoms with Crippen molar-refractivity contribution in [3.8, 4) is 5.75 Å². The van der Waals surface area contributed by atoms with Crippen molar-refractivity contribution in [2.75, 3.05) is 18.6 Å². The van der Waals surface area contributed by atoms with Crippen molar-refractivity contribution in [1.82, 2.24) is 5.32 Å². The Morgan fingerprint density at radius 3 is 2.23 bits per heavy atom. The first-order valence-corrected chi connectivity index (χ1v) is 24.4. The molecule has 0 aromatic heterocycles. The van der Waals surface area contributed by atoms with Crippen LogP contribution in [0.1, 0.15) is 115 Å². The molecule has 3 aromatic rings. The summed E-state index contributed by atoms with van der Waals surface area (Å²) < 4.78 is 50.3. The number of cyclic esters (lactones) is 1. The molecule has 2 aliphatic carbocycles. The van der Waals surface area contributed by atoms with Crippen molar-refractivity contribution in [1.29, 1.82) is 0 Å². The lowest BCUT2D eigenvalue weighted by molar-refractivity contribution is -0.166. The molecule has 0 radical (unpaired) electrons. The number of ether oxygens (including phenoxy) is 4. The molecule has 0 spiro atoms. The van der Waals surface area contributed by atoms with Crippen LogP contribution in [-0.2, 0) is 43.0 Å². The summed E-state index contributed by atoms with van der Waals surface area (Å²) in [7, 11) is 1.27. The largest absolute Gasteiger partial charge is 0.469 e. The smallest absolute Gasteiger partial charge is 0.313 e. The Bertz CT molecular complexity index is 2470. The zero-order valence-electron chi connectivity index (χ0n) is 40.7. The number of nitrogens with one attached hydrogen (secondary N) is 1. The van der Waals surface area contributed by atoms with Gasteiger partial charge in [0.25, 0.3) is 0 Å². The van der Waals surface area contributed by atoms with Crippen molar-refractivity contribution >= 4 is 41.4 Å². The summed E-state index contributed by atoms with van der Waals surface area (Å²) in [5.41, 5.74) is 2.38. The highest BCUT2D eigenvalue weighted by Gasteiger charge is 2.49. The number of halogens is 2. The summed E-state index contributed by atoms with van der Waals surface area (Å²) in [4.78, 5) is 81.2. The average molecular weight is 967 g/mol. The van der Waals surface area contributed by atoms with Crippen molar-refractivity contribution in [3.05, 3.63) is 119 Å². The van der Waals surface area contributed by atoms with Gasteiger partial charge in [0.05, 0.1) is 49.3 Å². The number of nitrogens with zero attached hydrogens (tertiary/aromatic N) is 1. The number of methoxy groups -OCH3 is 1. The van der Waals surface area contributed by atoms with Crippen LogP contribution in [0.15, 0.2) is 96.1 Å². The fourth-order valence-corrected chi connectivity index (χ4v) is 10.5. The van der Waals surface area contributed by atoms with E-state index < -0.39 is 71.1 Å². The quantitative estimate of drug-likeness (QED) is 0.0540. The zero-order chi connectivity index (χ0) is 50.4. The summed E-state index contributed by atoms with van der Waals surface area (Å²) in [5, 5.41) is 13.2. The number of rotatable bonds is 18. The number of aliphatic hydroxyl groups is 1. The van der Waals surface area contributed by atoms with Gasteiger partial charge in [0.2, 0.25) is 11.8 Å². The third-order valence-electron chi connectivity index (χ3n) is 14.8. The number of benzene rings is 3. The van der Waals surface area contributed by atoms with Crippen LogP contribution in [-0.4, -0.2) is 72.8 Å². The minimum atomic E-state index is -0.762. The SMILES string of the molecule is CCC(C)(C)C(=O)OC1CC(C)C(C(=O)NCCC(=O)Oc2ccc(C3C(CCC(C(=O)OC)c4ccc(F)cc4)C(=O)N3c3ccc(F)cc3)cc2)=C2C=CC(C)C(CCC3CC(O)CC(=O)O3)C21. The normalized spacial score (nSPS) is 25.8. The van der Waals surface area contributed by atoms with Crippen molar-refractivity contribution < 1.29 is 61.6 Å². The molecule has 13 nitrogen and oxygen atoms in total. The highest BCUT2D eigenvalue weighted by Crippen LogP contribution is 2.49. The number of hydrogen-bond donors (Lipinski definition) is 2. The Morgan fingerprint density at radius 2 is 1.59 bits per heavy atom. The van der Waals surface area contributed by atoms with Crippen LogP contribution >= 0.6 is 0 Å². The number of anilines is 1. The molecule has 4 aliphatic rings. The number of aliphatic hydroxyl groups excluding tert-OH is 1. The number of hydrogen-bond acceptors (Lipinski definition) is 11. The lowest BCUT2D eigenvalue weighted by Gasteiger charge is -2.48. The Balaban J connectivity index is 1.02. The lowest BCUT2D eigenvalue weighted by Crippen LogP contribution is -2.55. The van der Waals surface area contributed by atoms with Gasteiger partial charge in [0.15, 0.2) is 0 Å². The van der Waals surface area contributed by atoms with E-state index in [0.29, 0.717) is 54.5 Å². The third kappa shape index (κ3) is 11.7. The zero-order valence-corrected chi connectivity index (χ0v) is 40.7. The molecule has 7 rings (SSSR count). The number of esters is 4. The van der Waals surface area contributed by atoms with Gasteiger partial charge in [-0.3, -0.25) is 28.8 Å². The maximum atomic E-state index is 14.1. The fraction of sp³-hybridized carbons (Fsp3) is 0.491. The maximum absolute atomic E-state index is 14.1. The standard InChI is InChI=1S/C55H64F2N2O11/c1-7-55(4,5)54(66)70-45-28-32(3)48(43-22-8-31(2)41(49(43)45)23-21-40-29-38(60)30-47(62)69-40)51(63)58-27-26-46(61)68-39-19-11-34(12-20-39)50-44(52(64)59(50)37-17-15-36(57)16-18-37)25-24-42(53(65)67-6)33-9-13-35(56)14-10-33/h8-20,22,31-32,38,40-42,44-45,49-50,60H,7,21,23-30H2,1-6H3,(H,58,63). The van der Waals surface area contributed by atoms with Crippen molar-refractivity contribution in [2.45, 2.75) is 123 Å². The summed E-state index contributed by atoms with van der Waals surface area (Å²) in [6.45, 7) is 9.64. The van der Waals surface area contributed by atoms with E-state index in [4.69, 9.17) is 18.9 Å². The van der Waals surface area contributed by atoms with E-state index in [-0.39, 0.29) is 79.4 Å². The van der Waals surface area contributed by atoms with Gasteiger partial charge in [-0.2, -0.15) is 0 Å². The topological polar surface area (TPSA) is 175 Å². The molecule has 2 heterocycles. The van der Waals surface area contributed by atoms with Gasteiger partial charge in [0.1, 0.15) is 29.6 Å². The Hall–Kier alpha value is -6.22. The Morgan fingerprint density at radius 1 is 0.914 bits per heavy atom. The van der Waals surface area contributed by atoms with Crippen LogP contribution in [0.2, 0.25) is 0 Å². The first-order valence-electron chi connectivity index (χ1n) is 24.4. The maximum Gasteiger partial charge on any atom is 0.313 e. The van der Waals surface area contributed by atoms with Crippen LogP contribution in [0.5, 0.6) is 5.75 Å². The highest BCUT2D eigenvalue weighted by molar-refractivity contribution is 6.03. The van der Waals surface area contributed by atoms with Gasteiger partial charge in [0, 0.05) is 30.1 Å². The monoisotopic (exact) mass is 966 g/mol. The first kappa shape index (κ1) is 51.6. The van der Waals surface area contributed by atoms with Crippen molar-refractivity contribution in [3.63, 3.8) is 0 Å². The van der Waals surface area contributed by atoms with E-state index in [9.17, 15) is 42.7 Å². The molecule has 2 aliphatic heterocycles. The molecule has 0 saturated carbocycles. The number of carbonyl (C=O) groups excluding carboxylic acids is 6. The van der Waals surface area contributed by atoms with E-state index in [1.54, 1.807) is 29.2 Å². The molecule has 70 heavy (non-hydrogen) atoms. The van der Waals surface area contributed by atoms with E-state index >= 15 is 0 Å². The van der Waals surface area contributed by atoms with Gasteiger partial charge >= 0.3 is 23.9 Å². The molecule has 10 atom stereocenters. The van der Waals surface area contributed by atoms with Crippen LogP contribution in [0.4, 0.5) is 14.5 Å². The van der Waals surface area contributed by atoms with Gasteiger partial charge < -0.3 is 34.3 Å². The molecule has 0 bridgehead atoms. The van der Waals surface area contributed by atoms with Crippen LogP contribution in [0, 0.1) is 46.6 Å². The molecular formula is C55H64F2N2O11. The number of allylic oxidation sites excluding steroid dienone is 2. The molecule has 15 heteroatoms. The van der Waals surface area contributed by atoms with E-state index in [0.717, 1.165) is 5.57 Å². The molecule has 10 unspecified atom stereocenters. The molecule has 2 fully saturated rings. The second kappa shape index (κ2) is 22.2. The summed E-state index contributed by atoms with van der Waals surface area (Å²) in [5.74, 6) is -5.00. The number of β-lactam (4-membered cyclic amide) rings is 1. The average Bonchev–Trinajstić information content (AvgIpc) is 3.32. The van der Waals surface area contributed by atoms with Crippen LogP contribution in [0.3, 0.4) is 0 Å². The van der Waals surface area contributed by atoms with Crippen LogP contribution < -0.4 is 15.0 Å². The number of carbonyl (C=O) groups is 6. The van der Waals surface area contributed by atoms with Gasteiger partial charge in [-0.15, -0.1) is 0 Å². The molecule has 2 amide bonds. The minimum absolute atomic E-state index is 0.0189. The first-order chi connectivity index (χ1) is 33.4. The number of fused-ring (bicyclic) bond motifs is 1. The highest BCUT2D eigenvalue weighted by atomic mass is 19.1.